The van der Waals surface area contributed by atoms with E-state index >= 15 is 0 Å². The molecule has 11 aromatic rings. The average molecular weight is 885 g/mol. The minimum Gasteiger partial charge on any atom is -0.310 e. The van der Waals surface area contributed by atoms with E-state index in [0.717, 1.165) is 55.9 Å². The second-order valence-electron chi connectivity index (χ2n) is 15.5. The summed E-state index contributed by atoms with van der Waals surface area (Å²) in [6, 6.07) is 82.1. The summed E-state index contributed by atoms with van der Waals surface area (Å²) in [5, 5.41) is 2.24. The molecule has 11 rings (SSSR count). The van der Waals surface area contributed by atoms with Crippen LogP contribution < -0.4 is 9.80 Å². The number of rotatable bonds is 10. The van der Waals surface area contributed by atoms with Crippen molar-refractivity contribution in [3.8, 4) is 43.1 Å². The van der Waals surface area contributed by atoms with Crippen LogP contribution in [-0.4, -0.2) is 9.97 Å². The van der Waals surface area contributed by atoms with Gasteiger partial charge in [0.25, 0.3) is 0 Å². The van der Waals surface area contributed by atoms with E-state index in [9.17, 15) is 0 Å². The fraction of sp³-hybridized carbons (Fsp3) is 0.0645. The van der Waals surface area contributed by atoms with Crippen molar-refractivity contribution in [2.45, 2.75) is 27.7 Å². The highest BCUT2D eigenvalue weighted by Crippen LogP contribution is 2.42. The van der Waals surface area contributed by atoms with Gasteiger partial charge in [0.15, 0.2) is 0 Å². The molecule has 0 saturated carbocycles. The molecule has 8 aromatic carbocycles. The molecular formula is C62H52N4S. The molecule has 0 radical (unpaired) electrons. The largest absolute Gasteiger partial charge is 0.310 e. The van der Waals surface area contributed by atoms with Crippen LogP contribution in [0.15, 0.2) is 243 Å². The summed E-state index contributed by atoms with van der Waals surface area (Å²) in [6.45, 7) is 8.00. The maximum Gasteiger partial charge on any atom is 0.0722 e. The number of nitrogens with zero attached hydrogens (tertiary/aromatic N) is 4. The lowest BCUT2D eigenvalue weighted by Crippen LogP contribution is -2.10. The van der Waals surface area contributed by atoms with Gasteiger partial charge in [-0.25, -0.2) is 0 Å². The highest BCUT2D eigenvalue weighted by atomic mass is 32.1. The molecule has 0 fully saturated rings. The number of thiophene rings is 1. The van der Waals surface area contributed by atoms with Gasteiger partial charge in [0.05, 0.1) is 11.0 Å². The first-order chi connectivity index (χ1) is 33.2. The van der Waals surface area contributed by atoms with Gasteiger partial charge < -0.3 is 9.80 Å². The Balaban J connectivity index is 0.00000137. The van der Waals surface area contributed by atoms with Gasteiger partial charge in [-0.15, -0.1) is 11.3 Å². The Kier molecular flexibility index (Phi) is 13.7. The third-order valence-corrected chi connectivity index (χ3v) is 12.8. The van der Waals surface area contributed by atoms with Crippen LogP contribution in [0.4, 0.5) is 34.1 Å². The van der Waals surface area contributed by atoms with Gasteiger partial charge in [0.1, 0.15) is 0 Å². The van der Waals surface area contributed by atoms with Gasteiger partial charge in [0.2, 0.25) is 0 Å². The fourth-order valence-electron chi connectivity index (χ4n) is 8.35. The molecule has 0 spiro atoms. The first kappa shape index (κ1) is 44.1. The van der Waals surface area contributed by atoms with Crippen LogP contribution >= 0.6 is 11.3 Å². The monoisotopic (exact) mass is 884 g/mol. The SMILES string of the molecule is CC.CC.c1ccc(-c2ccc(N(c3ccc(-c4ccc(-c5ccc(N(c6ccc(-c7ccccc7)cc6)c6ccc7cccnc7c6)cc5)s4)cc3)c3ccc4cccnc4c3)cc2)cc1. The molecule has 326 valence electrons. The van der Waals surface area contributed by atoms with Gasteiger partial charge in [-0.2, -0.15) is 0 Å². The summed E-state index contributed by atoms with van der Waals surface area (Å²) in [6.07, 6.45) is 3.71. The predicted octanol–water partition coefficient (Wildman–Crippen LogP) is 18.5. The summed E-state index contributed by atoms with van der Waals surface area (Å²) in [5.41, 5.74) is 15.5. The van der Waals surface area contributed by atoms with E-state index in [0.29, 0.717) is 0 Å². The molecule has 3 heterocycles. The molecule has 67 heavy (non-hydrogen) atoms. The maximum atomic E-state index is 4.68. The summed E-state index contributed by atoms with van der Waals surface area (Å²) in [5.74, 6) is 0. The summed E-state index contributed by atoms with van der Waals surface area (Å²) < 4.78 is 0. The molecule has 0 bridgehead atoms. The number of fused-ring (bicyclic) bond motifs is 2. The van der Waals surface area contributed by atoms with Crippen molar-refractivity contribution >= 4 is 67.3 Å². The zero-order valence-electron chi connectivity index (χ0n) is 38.3. The van der Waals surface area contributed by atoms with Crippen molar-refractivity contribution in [1.82, 2.24) is 9.97 Å². The molecule has 0 aliphatic rings. The zero-order valence-corrected chi connectivity index (χ0v) is 39.1. The Morgan fingerprint density at radius 1 is 0.284 bits per heavy atom. The second-order valence-corrected chi connectivity index (χ2v) is 16.6. The quantitative estimate of drug-likeness (QED) is 0.137. The number of pyridine rings is 2. The number of anilines is 6. The van der Waals surface area contributed by atoms with Gasteiger partial charge >= 0.3 is 0 Å². The van der Waals surface area contributed by atoms with E-state index in [4.69, 9.17) is 0 Å². The van der Waals surface area contributed by atoms with Crippen LogP contribution in [0.5, 0.6) is 0 Å². The first-order valence-electron chi connectivity index (χ1n) is 23.1. The molecule has 0 aliphatic heterocycles. The number of hydrogen-bond donors (Lipinski definition) is 0. The topological polar surface area (TPSA) is 32.3 Å². The summed E-state index contributed by atoms with van der Waals surface area (Å²) in [7, 11) is 0. The minimum absolute atomic E-state index is 0.966. The van der Waals surface area contributed by atoms with E-state index < -0.39 is 0 Å². The predicted molar refractivity (Wildman–Crippen MR) is 289 cm³/mol. The molecule has 0 aliphatic carbocycles. The van der Waals surface area contributed by atoms with Gasteiger partial charge in [-0.3, -0.25) is 9.97 Å². The fourth-order valence-corrected chi connectivity index (χ4v) is 9.36. The van der Waals surface area contributed by atoms with E-state index in [2.05, 4.69) is 238 Å². The van der Waals surface area contributed by atoms with Crippen LogP contribution in [0.3, 0.4) is 0 Å². The van der Waals surface area contributed by atoms with E-state index in [-0.39, 0.29) is 0 Å². The minimum atomic E-state index is 0.966. The molecule has 0 N–H and O–H groups in total. The highest BCUT2D eigenvalue weighted by Gasteiger charge is 2.17. The Labute approximate surface area is 398 Å². The number of aromatic nitrogens is 2. The molecular weight excluding hydrogens is 833 g/mol. The second kappa shape index (κ2) is 20.8. The van der Waals surface area contributed by atoms with Crippen LogP contribution in [0.25, 0.3) is 64.9 Å². The van der Waals surface area contributed by atoms with Crippen molar-refractivity contribution in [3.63, 3.8) is 0 Å². The Bertz CT molecular complexity index is 3090. The number of benzene rings is 8. The Hall–Kier alpha value is -8.12. The van der Waals surface area contributed by atoms with Crippen molar-refractivity contribution in [2.75, 3.05) is 9.80 Å². The van der Waals surface area contributed by atoms with Gasteiger partial charge in [0, 0.05) is 67.0 Å². The van der Waals surface area contributed by atoms with Crippen molar-refractivity contribution < 1.29 is 0 Å². The molecule has 0 unspecified atom stereocenters. The lowest BCUT2D eigenvalue weighted by molar-refractivity contribution is 1.28. The smallest absolute Gasteiger partial charge is 0.0722 e. The number of hydrogen-bond acceptors (Lipinski definition) is 5. The molecule has 4 nitrogen and oxygen atoms in total. The third kappa shape index (κ3) is 9.65. The molecule has 0 amide bonds. The molecule has 0 atom stereocenters. The third-order valence-electron chi connectivity index (χ3n) is 11.6. The highest BCUT2D eigenvalue weighted by molar-refractivity contribution is 7.18. The maximum absolute atomic E-state index is 4.68. The lowest BCUT2D eigenvalue weighted by Gasteiger charge is -2.26. The van der Waals surface area contributed by atoms with Crippen LogP contribution in [-0.2, 0) is 0 Å². The van der Waals surface area contributed by atoms with Crippen molar-refractivity contribution in [2.24, 2.45) is 0 Å². The van der Waals surface area contributed by atoms with Gasteiger partial charge in [-0.1, -0.05) is 161 Å². The van der Waals surface area contributed by atoms with E-state index in [1.165, 1.54) is 43.1 Å². The molecule has 3 aromatic heterocycles. The van der Waals surface area contributed by atoms with E-state index in [1.807, 2.05) is 63.6 Å². The van der Waals surface area contributed by atoms with Crippen LogP contribution in [0.2, 0.25) is 0 Å². The summed E-state index contributed by atoms with van der Waals surface area (Å²) in [4.78, 5) is 16.4. The van der Waals surface area contributed by atoms with Crippen molar-refractivity contribution in [1.29, 1.82) is 0 Å². The van der Waals surface area contributed by atoms with Crippen molar-refractivity contribution in [3.05, 3.63) is 243 Å². The normalized spacial score (nSPS) is 10.7. The average Bonchev–Trinajstić information content (AvgIpc) is 3.92. The molecule has 5 heteroatoms. The lowest BCUT2D eigenvalue weighted by atomic mass is 10.0. The summed E-state index contributed by atoms with van der Waals surface area (Å²) >= 11 is 1.81. The van der Waals surface area contributed by atoms with E-state index in [1.54, 1.807) is 0 Å². The van der Waals surface area contributed by atoms with Crippen LogP contribution in [0.1, 0.15) is 27.7 Å². The standard InChI is InChI=1S/C58H40N4S.2C2H6/c1-3-9-41(10-4-1)43-15-25-49(26-16-43)61(53-33-19-45-13-7-37-59-55(45)39-53)51-29-21-47(22-30-51)57-35-36-58(63-57)48-23-31-52(32-24-48)62(54-34-20-46-14-8-38-60-56(46)40-54)50-27-17-44(18-28-50)42-11-5-2-6-12-42;2*1-2/h1-40H;2*1-2H3. The van der Waals surface area contributed by atoms with Gasteiger partial charge in [-0.05, 0) is 130 Å². The molecule has 0 saturated heterocycles. The Morgan fingerprint density at radius 3 is 0.955 bits per heavy atom. The Morgan fingerprint density at radius 2 is 0.597 bits per heavy atom. The van der Waals surface area contributed by atoms with Crippen LogP contribution in [0, 0.1) is 0 Å². The zero-order chi connectivity index (χ0) is 46.0. The first-order valence-corrected chi connectivity index (χ1v) is 23.9.